The summed E-state index contributed by atoms with van der Waals surface area (Å²) in [6.45, 7) is 2.22. The Labute approximate surface area is 144 Å². The van der Waals surface area contributed by atoms with Crippen LogP contribution in [0.15, 0.2) is 36.4 Å². The van der Waals surface area contributed by atoms with Crippen molar-refractivity contribution in [1.82, 2.24) is 0 Å². The number of rotatable bonds is 6. The first kappa shape index (κ1) is 17.6. The van der Waals surface area contributed by atoms with Crippen molar-refractivity contribution in [3.05, 3.63) is 52.5 Å². The first-order valence-electron chi connectivity index (χ1n) is 7.11. The zero-order valence-corrected chi connectivity index (χ0v) is 13.9. The van der Waals surface area contributed by atoms with Crippen LogP contribution in [0.1, 0.15) is 27.6 Å². The van der Waals surface area contributed by atoms with Crippen molar-refractivity contribution in [3.8, 4) is 11.5 Å². The minimum atomic E-state index is -1.11. The van der Waals surface area contributed by atoms with Crippen molar-refractivity contribution in [2.75, 3.05) is 19.0 Å². The molecule has 2 rings (SSSR count). The van der Waals surface area contributed by atoms with Gasteiger partial charge in [-0.2, -0.15) is 0 Å². The molecule has 0 saturated carbocycles. The highest BCUT2D eigenvalue weighted by molar-refractivity contribution is 6.31. The zero-order valence-electron chi connectivity index (χ0n) is 13.1. The van der Waals surface area contributed by atoms with Gasteiger partial charge in [0, 0.05) is 16.8 Å². The third-order valence-electron chi connectivity index (χ3n) is 3.18. The molecule has 0 atom stereocenters. The topological polar surface area (TPSA) is 84.9 Å². The van der Waals surface area contributed by atoms with Crippen molar-refractivity contribution < 1.29 is 24.2 Å². The molecule has 0 aliphatic carbocycles. The lowest BCUT2D eigenvalue weighted by Gasteiger charge is -2.12. The summed E-state index contributed by atoms with van der Waals surface area (Å²) < 4.78 is 10.5. The van der Waals surface area contributed by atoms with Crippen LogP contribution >= 0.6 is 11.6 Å². The number of nitrogens with one attached hydrogen (secondary N) is 1. The average molecular weight is 350 g/mol. The lowest BCUT2D eigenvalue weighted by molar-refractivity contribution is 0.0693. The van der Waals surface area contributed by atoms with Crippen molar-refractivity contribution in [2.45, 2.75) is 6.92 Å². The highest BCUT2D eigenvalue weighted by Gasteiger charge is 2.16. The summed E-state index contributed by atoms with van der Waals surface area (Å²) in [5.41, 5.74) is 0.683. The normalized spacial score (nSPS) is 10.1. The smallest absolute Gasteiger partial charge is 0.339 e. The predicted octanol–water partition coefficient (Wildman–Crippen LogP) is 3.70. The molecule has 0 aliphatic heterocycles. The molecule has 0 aliphatic rings. The van der Waals surface area contributed by atoms with E-state index in [1.54, 1.807) is 12.1 Å². The van der Waals surface area contributed by atoms with E-state index in [0.29, 0.717) is 23.1 Å². The van der Waals surface area contributed by atoms with Gasteiger partial charge in [-0.05, 0) is 37.3 Å². The number of anilines is 1. The molecule has 24 heavy (non-hydrogen) atoms. The number of carbonyl (C=O) groups excluding carboxylic acids is 1. The molecule has 126 valence electrons. The number of carboxylic acid groups (broad SMARTS) is 1. The number of hydrogen-bond donors (Lipinski definition) is 2. The SMILES string of the molecule is CCOc1ccc(Cl)cc1C(=O)Nc1ccc(C(=O)O)c(OC)c1. The monoisotopic (exact) mass is 349 g/mol. The molecule has 2 N–H and O–H groups in total. The lowest BCUT2D eigenvalue weighted by Crippen LogP contribution is -2.14. The summed E-state index contributed by atoms with van der Waals surface area (Å²) in [7, 11) is 1.36. The molecule has 0 spiro atoms. The van der Waals surface area contributed by atoms with E-state index in [1.165, 1.54) is 31.4 Å². The Morgan fingerprint density at radius 3 is 2.50 bits per heavy atom. The van der Waals surface area contributed by atoms with E-state index < -0.39 is 11.9 Å². The molecule has 2 aromatic carbocycles. The number of benzene rings is 2. The number of carbonyl (C=O) groups is 2. The average Bonchev–Trinajstić information content (AvgIpc) is 2.56. The van der Waals surface area contributed by atoms with Crippen LogP contribution in [-0.4, -0.2) is 30.7 Å². The number of amides is 1. The third kappa shape index (κ3) is 3.97. The van der Waals surface area contributed by atoms with Crippen molar-refractivity contribution in [1.29, 1.82) is 0 Å². The van der Waals surface area contributed by atoms with Crippen molar-refractivity contribution in [2.24, 2.45) is 0 Å². The molecule has 7 heteroatoms. The molecule has 1 amide bonds. The molecule has 2 aromatic rings. The lowest BCUT2D eigenvalue weighted by atomic mass is 10.1. The minimum absolute atomic E-state index is 0.00765. The van der Waals surface area contributed by atoms with E-state index in [9.17, 15) is 9.59 Å². The summed E-state index contributed by atoms with van der Waals surface area (Å²) in [4.78, 5) is 23.6. The number of aromatic carboxylic acids is 1. The van der Waals surface area contributed by atoms with Crippen molar-refractivity contribution in [3.63, 3.8) is 0 Å². The Bertz CT molecular complexity index is 776. The predicted molar refractivity (Wildman–Crippen MR) is 90.5 cm³/mol. The first-order chi connectivity index (χ1) is 11.5. The molecule has 0 heterocycles. The quantitative estimate of drug-likeness (QED) is 0.830. The van der Waals surface area contributed by atoms with Gasteiger partial charge in [-0.1, -0.05) is 11.6 Å². The van der Waals surface area contributed by atoms with Gasteiger partial charge in [-0.25, -0.2) is 4.79 Å². The maximum atomic E-state index is 12.5. The standard InChI is InChI=1S/C17H16ClNO5/c1-3-24-14-7-4-10(18)8-13(14)16(20)19-11-5-6-12(17(21)22)15(9-11)23-2/h4-9H,3H2,1-2H3,(H,19,20)(H,21,22). The molecule has 0 bridgehead atoms. The fraction of sp³-hybridized carbons (Fsp3) is 0.176. The second-order valence-electron chi connectivity index (χ2n) is 4.75. The van der Waals surface area contributed by atoms with Gasteiger partial charge in [0.25, 0.3) is 5.91 Å². The Hall–Kier alpha value is -2.73. The fourth-order valence-corrected chi connectivity index (χ4v) is 2.28. The summed E-state index contributed by atoms with van der Waals surface area (Å²) in [5, 5.41) is 12.2. The largest absolute Gasteiger partial charge is 0.496 e. The number of halogens is 1. The Kier molecular flexibility index (Phi) is 5.65. The fourth-order valence-electron chi connectivity index (χ4n) is 2.11. The first-order valence-corrected chi connectivity index (χ1v) is 7.49. The second kappa shape index (κ2) is 7.70. The van der Waals surface area contributed by atoms with Crippen LogP contribution in [0.5, 0.6) is 11.5 Å². The van der Waals surface area contributed by atoms with E-state index in [-0.39, 0.29) is 16.9 Å². The zero-order chi connectivity index (χ0) is 17.7. The summed E-state index contributed by atoms with van der Waals surface area (Å²) in [6.07, 6.45) is 0. The van der Waals surface area contributed by atoms with Gasteiger partial charge in [0.1, 0.15) is 17.1 Å². The number of ether oxygens (including phenoxy) is 2. The van der Waals surface area contributed by atoms with Gasteiger partial charge in [-0.3, -0.25) is 4.79 Å². The summed E-state index contributed by atoms with van der Waals surface area (Å²) >= 11 is 5.95. The van der Waals surface area contributed by atoms with Crippen LogP contribution in [0.3, 0.4) is 0 Å². The third-order valence-corrected chi connectivity index (χ3v) is 3.41. The maximum Gasteiger partial charge on any atom is 0.339 e. The Morgan fingerprint density at radius 1 is 1.12 bits per heavy atom. The van der Waals surface area contributed by atoms with Gasteiger partial charge in [-0.15, -0.1) is 0 Å². The van der Waals surface area contributed by atoms with E-state index in [0.717, 1.165) is 0 Å². The summed E-state index contributed by atoms with van der Waals surface area (Å²) in [6, 6.07) is 9.03. The molecule has 6 nitrogen and oxygen atoms in total. The van der Waals surface area contributed by atoms with E-state index in [1.807, 2.05) is 6.92 Å². The number of carboxylic acids is 1. The van der Waals surface area contributed by atoms with Gasteiger partial charge in [0.2, 0.25) is 0 Å². The molecule has 0 unspecified atom stereocenters. The van der Waals surface area contributed by atoms with Gasteiger partial charge in [0.15, 0.2) is 0 Å². The van der Waals surface area contributed by atoms with Crippen LogP contribution in [0.2, 0.25) is 5.02 Å². The minimum Gasteiger partial charge on any atom is -0.496 e. The van der Waals surface area contributed by atoms with E-state index in [2.05, 4.69) is 5.32 Å². The van der Waals surface area contributed by atoms with Crippen LogP contribution in [-0.2, 0) is 0 Å². The molecule has 0 fully saturated rings. The van der Waals surface area contributed by atoms with Gasteiger partial charge >= 0.3 is 5.97 Å². The number of methoxy groups -OCH3 is 1. The summed E-state index contributed by atoms with van der Waals surface area (Å²) in [5.74, 6) is -0.978. The van der Waals surface area contributed by atoms with Crippen LogP contribution in [0.4, 0.5) is 5.69 Å². The Balaban J connectivity index is 2.30. The van der Waals surface area contributed by atoms with Gasteiger partial charge in [0.05, 0.1) is 19.3 Å². The second-order valence-corrected chi connectivity index (χ2v) is 5.18. The maximum absolute atomic E-state index is 12.5. The molecule has 0 aromatic heterocycles. The van der Waals surface area contributed by atoms with E-state index >= 15 is 0 Å². The van der Waals surface area contributed by atoms with Crippen LogP contribution in [0.25, 0.3) is 0 Å². The molecular weight excluding hydrogens is 334 g/mol. The van der Waals surface area contributed by atoms with Crippen LogP contribution in [0, 0.1) is 0 Å². The molecule has 0 radical (unpaired) electrons. The molecular formula is C17H16ClNO5. The van der Waals surface area contributed by atoms with Crippen molar-refractivity contribution >= 4 is 29.2 Å². The highest BCUT2D eigenvalue weighted by atomic mass is 35.5. The Morgan fingerprint density at radius 2 is 1.88 bits per heavy atom. The highest BCUT2D eigenvalue weighted by Crippen LogP contribution is 2.26. The van der Waals surface area contributed by atoms with Gasteiger partial charge < -0.3 is 19.9 Å². The van der Waals surface area contributed by atoms with E-state index in [4.69, 9.17) is 26.2 Å². The number of hydrogen-bond acceptors (Lipinski definition) is 4. The van der Waals surface area contributed by atoms with Crippen LogP contribution < -0.4 is 14.8 Å². The molecule has 0 saturated heterocycles.